The van der Waals surface area contributed by atoms with Crippen LogP contribution in [-0.2, 0) is 9.53 Å². The van der Waals surface area contributed by atoms with E-state index >= 15 is 0 Å². The molecule has 1 aliphatic rings. The molecule has 2 rings (SSSR count). The summed E-state index contributed by atoms with van der Waals surface area (Å²) in [5.74, 6) is -0.271. The highest BCUT2D eigenvalue weighted by Crippen LogP contribution is 2.21. The Kier molecular flexibility index (Phi) is 5.73. The molecule has 0 bridgehead atoms. The predicted octanol–water partition coefficient (Wildman–Crippen LogP) is 2.65. The van der Waals surface area contributed by atoms with E-state index in [9.17, 15) is 9.59 Å². The number of pyridine rings is 1. The van der Waals surface area contributed by atoms with Gasteiger partial charge < -0.3 is 9.64 Å². The number of likely N-dealkylation sites (tertiary alicyclic amines) is 1. The molecule has 1 aromatic rings. The summed E-state index contributed by atoms with van der Waals surface area (Å²) in [7, 11) is 0. The van der Waals surface area contributed by atoms with Crippen LogP contribution in [0.4, 0.5) is 0 Å². The van der Waals surface area contributed by atoms with E-state index in [2.05, 4.69) is 20.9 Å². The second kappa shape index (κ2) is 7.54. The van der Waals surface area contributed by atoms with E-state index in [4.69, 9.17) is 4.74 Å². The fourth-order valence-electron chi connectivity index (χ4n) is 2.51. The number of aromatic nitrogens is 1. The molecule has 1 amide bonds. The Morgan fingerprint density at radius 2 is 2.19 bits per heavy atom. The van der Waals surface area contributed by atoms with Crippen LogP contribution in [0.3, 0.4) is 0 Å². The minimum atomic E-state index is -0.143. The number of ether oxygens (including phenoxy) is 1. The summed E-state index contributed by atoms with van der Waals surface area (Å²) in [6.45, 7) is 3.46. The lowest BCUT2D eigenvalue weighted by molar-refractivity contribution is -0.148. The molecule has 0 saturated carbocycles. The van der Waals surface area contributed by atoms with Crippen molar-refractivity contribution in [1.29, 1.82) is 0 Å². The topological polar surface area (TPSA) is 59.5 Å². The number of hydrogen-bond donors (Lipinski definition) is 0. The van der Waals surface area contributed by atoms with E-state index in [-0.39, 0.29) is 17.8 Å². The minimum Gasteiger partial charge on any atom is -0.466 e. The quantitative estimate of drug-likeness (QED) is 0.783. The van der Waals surface area contributed by atoms with Gasteiger partial charge in [-0.25, -0.2) is 0 Å². The SMILES string of the molecule is CCOC(=O)C1CCCN(C(=O)c2cncc(Br)c2)CC1. The predicted molar refractivity (Wildman–Crippen MR) is 81.8 cm³/mol. The Labute approximate surface area is 132 Å². The van der Waals surface area contributed by atoms with Crippen molar-refractivity contribution in [2.75, 3.05) is 19.7 Å². The molecule has 114 valence electrons. The van der Waals surface area contributed by atoms with Gasteiger partial charge >= 0.3 is 5.97 Å². The summed E-state index contributed by atoms with van der Waals surface area (Å²) in [6, 6.07) is 1.77. The highest BCUT2D eigenvalue weighted by Gasteiger charge is 2.26. The van der Waals surface area contributed by atoms with Gasteiger partial charge in [-0.2, -0.15) is 0 Å². The Bertz CT molecular complexity index is 521. The fourth-order valence-corrected chi connectivity index (χ4v) is 2.87. The molecule has 1 fully saturated rings. The summed E-state index contributed by atoms with van der Waals surface area (Å²) in [5.41, 5.74) is 0.568. The fraction of sp³-hybridized carbons (Fsp3) is 0.533. The second-order valence-electron chi connectivity index (χ2n) is 5.06. The van der Waals surface area contributed by atoms with E-state index in [0.29, 0.717) is 31.7 Å². The lowest BCUT2D eigenvalue weighted by atomic mass is 10.0. The third-order valence-corrected chi connectivity index (χ3v) is 4.02. The van der Waals surface area contributed by atoms with E-state index < -0.39 is 0 Å². The molecule has 0 spiro atoms. The number of carbonyl (C=O) groups is 2. The molecule has 1 unspecified atom stereocenters. The van der Waals surface area contributed by atoms with Gasteiger partial charge in [-0.05, 0) is 48.2 Å². The summed E-state index contributed by atoms with van der Waals surface area (Å²) in [6.07, 6.45) is 5.47. The van der Waals surface area contributed by atoms with Gasteiger partial charge in [0, 0.05) is 30.0 Å². The maximum atomic E-state index is 12.5. The standard InChI is InChI=1S/C15H19BrN2O3/c1-2-21-15(20)11-4-3-6-18(7-5-11)14(19)12-8-13(16)10-17-9-12/h8-11H,2-7H2,1H3. The van der Waals surface area contributed by atoms with Crippen molar-refractivity contribution in [2.45, 2.75) is 26.2 Å². The summed E-state index contributed by atoms with van der Waals surface area (Å²) in [4.78, 5) is 30.1. The number of amides is 1. The molecule has 5 nitrogen and oxygen atoms in total. The van der Waals surface area contributed by atoms with Crippen molar-refractivity contribution in [3.05, 3.63) is 28.5 Å². The van der Waals surface area contributed by atoms with Gasteiger partial charge in [-0.1, -0.05) is 0 Å². The molecule has 21 heavy (non-hydrogen) atoms. The number of nitrogens with zero attached hydrogens (tertiary/aromatic N) is 2. The summed E-state index contributed by atoms with van der Waals surface area (Å²) >= 11 is 3.32. The van der Waals surface area contributed by atoms with Crippen LogP contribution in [0.5, 0.6) is 0 Å². The molecule has 0 aliphatic carbocycles. The van der Waals surface area contributed by atoms with Crippen LogP contribution < -0.4 is 0 Å². The third-order valence-electron chi connectivity index (χ3n) is 3.59. The molecule has 1 atom stereocenters. The van der Waals surface area contributed by atoms with Gasteiger partial charge in [-0.15, -0.1) is 0 Å². The van der Waals surface area contributed by atoms with Crippen LogP contribution >= 0.6 is 15.9 Å². The number of rotatable bonds is 3. The normalized spacial score (nSPS) is 19.0. The monoisotopic (exact) mass is 354 g/mol. The Balaban J connectivity index is 1.99. The maximum absolute atomic E-state index is 12.5. The van der Waals surface area contributed by atoms with Gasteiger partial charge in [0.25, 0.3) is 5.91 Å². The molecular weight excluding hydrogens is 336 g/mol. The highest BCUT2D eigenvalue weighted by molar-refractivity contribution is 9.10. The zero-order valence-corrected chi connectivity index (χ0v) is 13.6. The molecule has 0 N–H and O–H groups in total. The van der Waals surface area contributed by atoms with Gasteiger partial charge in [0.1, 0.15) is 0 Å². The third kappa shape index (κ3) is 4.27. The van der Waals surface area contributed by atoms with Crippen LogP contribution in [0.25, 0.3) is 0 Å². The molecule has 1 aromatic heterocycles. The van der Waals surface area contributed by atoms with E-state index in [0.717, 1.165) is 17.3 Å². The van der Waals surface area contributed by atoms with Gasteiger partial charge in [0.2, 0.25) is 0 Å². The first-order chi connectivity index (χ1) is 10.1. The lowest BCUT2D eigenvalue weighted by Crippen LogP contribution is -2.32. The molecule has 1 saturated heterocycles. The zero-order chi connectivity index (χ0) is 15.2. The number of carbonyl (C=O) groups excluding carboxylic acids is 2. The van der Waals surface area contributed by atoms with Crippen molar-refractivity contribution in [2.24, 2.45) is 5.92 Å². The Hall–Kier alpha value is -1.43. The first-order valence-corrected chi connectivity index (χ1v) is 7.97. The molecular formula is C15H19BrN2O3. The largest absolute Gasteiger partial charge is 0.466 e. The number of halogens is 1. The smallest absolute Gasteiger partial charge is 0.308 e. The molecule has 0 radical (unpaired) electrons. The van der Waals surface area contributed by atoms with Crippen LogP contribution in [0.2, 0.25) is 0 Å². The molecule has 0 aromatic carbocycles. The van der Waals surface area contributed by atoms with Crippen LogP contribution in [-0.4, -0.2) is 41.5 Å². The number of esters is 1. The van der Waals surface area contributed by atoms with E-state index in [1.54, 1.807) is 23.4 Å². The highest BCUT2D eigenvalue weighted by atomic mass is 79.9. The Morgan fingerprint density at radius 3 is 2.90 bits per heavy atom. The van der Waals surface area contributed by atoms with Crippen molar-refractivity contribution in [3.8, 4) is 0 Å². The minimum absolute atomic E-state index is 0.0340. The lowest BCUT2D eigenvalue weighted by Gasteiger charge is -2.20. The molecule has 6 heteroatoms. The van der Waals surface area contributed by atoms with E-state index in [1.807, 2.05) is 6.92 Å². The van der Waals surface area contributed by atoms with E-state index in [1.165, 1.54) is 0 Å². The van der Waals surface area contributed by atoms with Gasteiger partial charge in [0.05, 0.1) is 18.1 Å². The first kappa shape index (κ1) is 15.9. The average Bonchev–Trinajstić information content (AvgIpc) is 2.72. The van der Waals surface area contributed by atoms with Gasteiger partial charge in [-0.3, -0.25) is 14.6 Å². The average molecular weight is 355 g/mol. The summed E-state index contributed by atoms with van der Waals surface area (Å²) in [5, 5.41) is 0. The zero-order valence-electron chi connectivity index (χ0n) is 12.0. The van der Waals surface area contributed by atoms with Crippen LogP contribution in [0.1, 0.15) is 36.5 Å². The van der Waals surface area contributed by atoms with Crippen LogP contribution in [0.15, 0.2) is 22.9 Å². The van der Waals surface area contributed by atoms with Crippen molar-refractivity contribution >= 4 is 27.8 Å². The second-order valence-corrected chi connectivity index (χ2v) is 5.98. The van der Waals surface area contributed by atoms with Crippen molar-refractivity contribution < 1.29 is 14.3 Å². The molecule has 2 heterocycles. The first-order valence-electron chi connectivity index (χ1n) is 7.18. The Morgan fingerprint density at radius 1 is 1.38 bits per heavy atom. The van der Waals surface area contributed by atoms with Crippen molar-refractivity contribution in [3.63, 3.8) is 0 Å². The van der Waals surface area contributed by atoms with Gasteiger partial charge in [0.15, 0.2) is 0 Å². The molecule has 1 aliphatic heterocycles. The number of hydrogen-bond acceptors (Lipinski definition) is 4. The maximum Gasteiger partial charge on any atom is 0.308 e. The summed E-state index contributed by atoms with van der Waals surface area (Å²) < 4.78 is 5.86. The van der Waals surface area contributed by atoms with Crippen LogP contribution in [0, 0.1) is 5.92 Å². The van der Waals surface area contributed by atoms with Crippen molar-refractivity contribution in [1.82, 2.24) is 9.88 Å².